The Labute approximate surface area is 119 Å². The largest absolute Gasteiger partial charge is 0.496 e. The van der Waals surface area contributed by atoms with E-state index in [4.69, 9.17) is 14.7 Å². The summed E-state index contributed by atoms with van der Waals surface area (Å²) < 4.78 is 11.5. The fourth-order valence-corrected chi connectivity index (χ4v) is 1.95. The van der Waals surface area contributed by atoms with Crippen molar-refractivity contribution in [3.05, 3.63) is 52.1 Å². The van der Waals surface area contributed by atoms with Gasteiger partial charge in [0.2, 0.25) is 5.88 Å². The van der Waals surface area contributed by atoms with Crippen LogP contribution in [0.4, 0.5) is 0 Å². The van der Waals surface area contributed by atoms with Gasteiger partial charge in [-0.3, -0.25) is 0 Å². The van der Waals surface area contributed by atoms with Crippen LogP contribution in [0.25, 0.3) is 0 Å². The second-order valence-electron chi connectivity index (χ2n) is 3.69. The molecule has 0 radical (unpaired) electrons. The molecule has 0 spiro atoms. The number of nitriles is 1. The van der Waals surface area contributed by atoms with Crippen LogP contribution in [0.3, 0.4) is 0 Å². The van der Waals surface area contributed by atoms with Crippen LogP contribution in [-0.4, -0.2) is 12.1 Å². The topological polar surface area (TPSA) is 55.1 Å². The van der Waals surface area contributed by atoms with Gasteiger partial charge in [-0.25, -0.2) is 4.98 Å². The second-order valence-corrected chi connectivity index (χ2v) is 4.50. The molecule has 0 saturated carbocycles. The van der Waals surface area contributed by atoms with Gasteiger partial charge in [-0.05, 0) is 34.1 Å². The molecule has 0 saturated heterocycles. The SMILES string of the molecule is COc1cccc(C#N)c1COc1cccc(Br)n1. The van der Waals surface area contributed by atoms with Gasteiger partial charge in [0.25, 0.3) is 0 Å². The lowest BCUT2D eigenvalue weighted by Crippen LogP contribution is -2.02. The van der Waals surface area contributed by atoms with Crippen molar-refractivity contribution >= 4 is 15.9 Å². The molecule has 0 aliphatic rings. The standard InChI is InChI=1S/C14H11BrN2O2/c1-18-12-5-2-4-10(8-16)11(12)9-19-14-7-3-6-13(15)17-14/h2-7H,9H2,1H3. The van der Waals surface area contributed by atoms with Crippen LogP contribution in [0, 0.1) is 11.3 Å². The van der Waals surface area contributed by atoms with Gasteiger partial charge in [0.05, 0.1) is 18.7 Å². The zero-order chi connectivity index (χ0) is 13.7. The molecule has 1 aromatic carbocycles. The number of rotatable bonds is 4. The number of benzene rings is 1. The minimum absolute atomic E-state index is 0.232. The Bertz CT molecular complexity index is 623. The summed E-state index contributed by atoms with van der Waals surface area (Å²) in [6, 6.07) is 12.8. The number of pyridine rings is 1. The fourth-order valence-electron chi connectivity index (χ4n) is 1.63. The zero-order valence-electron chi connectivity index (χ0n) is 10.3. The highest BCUT2D eigenvalue weighted by Crippen LogP contribution is 2.23. The van der Waals surface area contributed by atoms with Gasteiger partial charge in [0.1, 0.15) is 17.0 Å². The fraction of sp³-hybridized carbons (Fsp3) is 0.143. The van der Waals surface area contributed by atoms with E-state index in [1.165, 1.54) is 0 Å². The highest BCUT2D eigenvalue weighted by Gasteiger charge is 2.10. The van der Waals surface area contributed by atoms with E-state index in [0.29, 0.717) is 27.4 Å². The van der Waals surface area contributed by atoms with Crippen molar-refractivity contribution in [1.82, 2.24) is 4.98 Å². The molecule has 19 heavy (non-hydrogen) atoms. The molecule has 4 nitrogen and oxygen atoms in total. The number of hydrogen-bond acceptors (Lipinski definition) is 4. The Kier molecular flexibility index (Phi) is 4.37. The first-order valence-electron chi connectivity index (χ1n) is 5.56. The molecule has 0 amide bonds. The molecule has 0 fully saturated rings. The van der Waals surface area contributed by atoms with Gasteiger partial charge in [-0.1, -0.05) is 12.1 Å². The Balaban J connectivity index is 2.22. The van der Waals surface area contributed by atoms with Crippen molar-refractivity contribution in [3.63, 3.8) is 0 Å². The molecule has 0 aliphatic heterocycles. The third-order valence-electron chi connectivity index (χ3n) is 2.53. The maximum absolute atomic E-state index is 9.10. The van der Waals surface area contributed by atoms with Crippen LogP contribution >= 0.6 is 15.9 Å². The van der Waals surface area contributed by atoms with Crippen molar-refractivity contribution in [2.75, 3.05) is 7.11 Å². The molecule has 96 valence electrons. The van der Waals surface area contributed by atoms with Gasteiger partial charge in [-0.15, -0.1) is 0 Å². The third kappa shape index (κ3) is 3.24. The Morgan fingerprint density at radius 3 is 2.74 bits per heavy atom. The molecule has 5 heteroatoms. The predicted octanol–water partition coefficient (Wildman–Crippen LogP) is 3.30. The molecule has 0 aliphatic carbocycles. The van der Waals surface area contributed by atoms with E-state index in [1.807, 2.05) is 12.1 Å². The summed E-state index contributed by atoms with van der Waals surface area (Å²) in [6.07, 6.45) is 0. The first kappa shape index (κ1) is 13.4. The van der Waals surface area contributed by atoms with Crippen molar-refractivity contribution in [3.8, 4) is 17.7 Å². The average Bonchev–Trinajstić information content (AvgIpc) is 2.44. The molecular formula is C14H11BrN2O2. The average molecular weight is 319 g/mol. The summed E-state index contributed by atoms with van der Waals surface area (Å²) in [7, 11) is 1.57. The van der Waals surface area contributed by atoms with Gasteiger partial charge < -0.3 is 9.47 Å². The summed E-state index contributed by atoms with van der Waals surface area (Å²) in [4.78, 5) is 4.17. The quantitative estimate of drug-likeness (QED) is 0.811. The van der Waals surface area contributed by atoms with E-state index in [-0.39, 0.29) is 6.61 Å². The van der Waals surface area contributed by atoms with Gasteiger partial charge in [-0.2, -0.15) is 5.26 Å². The number of halogens is 1. The number of methoxy groups -OCH3 is 1. The van der Waals surface area contributed by atoms with Crippen molar-refractivity contribution in [1.29, 1.82) is 5.26 Å². The number of hydrogen-bond donors (Lipinski definition) is 0. The number of ether oxygens (including phenoxy) is 2. The monoisotopic (exact) mass is 318 g/mol. The molecule has 0 unspecified atom stereocenters. The summed E-state index contributed by atoms with van der Waals surface area (Å²) in [5, 5.41) is 9.10. The molecule has 0 N–H and O–H groups in total. The van der Waals surface area contributed by atoms with Crippen LogP contribution in [0.1, 0.15) is 11.1 Å². The summed E-state index contributed by atoms with van der Waals surface area (Å²) in [5.74, 6) is 1.12. The highest BCUT2D eigenvalue weighted by molar-refractivity contribution is 9.10. The van der Waals surface area contributed by atoms with E-state index < -0.39 is 0 Å². The molecular weight excluding hydrogens is 308 g/mol. The number of aromatic nitrogens is 1. The van der Waals surface area contributed by atoms with Crippen LogP contribution < -0.4 is 9.47 Å². The lowest BCUT2D eigenvalue weighted by molar-refractivity contribution is 0.285. The molecule has 2 aromatic rings. The first-order valence-corrected chi connectivity index (χ1v) is 6.35. The minimum Gasteiger partial charge on any atom is -0.496 e. The van der Waals surface area contributed by atoms with Crippen LogP contribution in [0.15, 0.2) is 41.0 Å². The van der Waals surface area contributed by atoms with E-state index in [9.17, 15) is 0 Å². The number of nitrogens with zero attached hydrogens (tertiary/aromatic N) is 2. The lowest BCUT2D eigenvalue weighted by Gasteiger charge is -2.11. The maximum atomic E-state index is 9.10. The Morgan fingerprint density at radius 2 is 2.05 bits per heavy atom. The summed E-state index contributed by atoms with van der Waals surface area (Å²) in [6.45, 7) is 0.232. The normalized spacial score (nSPS) is 9.74. The molecule has 1 aromatic heterocycles. The van der Waals surface area contributed by atoms with Gasteiger partial charge in [0, 0.05) is 11.6 Å². The summed E-state index contributed by atoms with van der Waals surface area (Å²) in [5.41, 5.74) is 1.25. The maximum Gasteiger partial charge on any atom is 0.214 e. The Morgan fingerprint density at radius 1 is 1.26 bits per heavy atom. The van der Waals surface area contributed by atoms with Crippen molar-refractivity contribution in [2.45, 2.75) is 6.61 Å². The molecule has 1 heterocycles. The van der Waals surface area contributed by atoms with Gasteiger partial charge >= 0.3 is 0 Å². The highest BCUT2D eigenvalue weighted by atomic mass is 79.9. The Hall–Kier alpha value is -2.06. The van der Waals surface area contributed by atoms with E-state index in [0.717, 1.165) is 0 Å². The summed E-state index contributed by atoms with van der Waals surface area (Å²) >= 11 is 3.28. The van der Waals surface area contributed by atoms with Crippen molar-refractivity contribution in [2.24, 2.45) is 0 Å². The third-order valence-corrected chi connectivity index (χ3v) is 2.97. The lowest BCUT2D eigenvalue weighted by atomic mass is 10.1. The van der Waals surface area contributed by atoms with Gasteiger partial charge in [0.15, 0.2) is 0 Å². The van der Waals surface area contributed by atoms with Crippen LogP contribution in [-0.2, 0) is 6.61 Å². The van der Waals surface area contributed by atoms with E-state index in [1.54, 1.807) is 31.4 Å². The predicted molar refractivity (Wildman–Crippen MR) is 74.0 cm³/mol. The minimum atomic E-state index is 0.232. The smallest absolute Gasteiger partial charge is 0.214 e. The second kappa shape index (κ2) is 6.21. The zero-order valence-corrected chi connectivity index (χ0v) is 11.8. The molecule has 2 rings (SSSR count). The molecule has 0 bridgehead atoms. The van der Waals surface area contributed by atoms with E-state index >= 15 is 0 Å². The van der Waals surface area contributed by atoms with E-state index in [2.05, 4.69) is 27.0 Å². The molecule has 0 atom stereocenters. The van der Waals surface area contributed by atoms with Crippen LogP contribution in [0.5, 0.6) is 11.6 Å². The van der Waals surface area contributed by atoms with Crippen LogP contribution in [0.2, 0.25) is 0 Å². The van der Waals surface area contributed by atoms with Crippen molar-refractivity contribution < 1.29 is 9.47 Å². The first-order chi connectivity index (χ1) is 9.24.